The SMILES string of the molecule is CCOC1CC(CC(=O)Nc2ccc(Br)cc2F)C1. The Kier molecular flexibility index (Phi) is 4.93. The second-order valence-corrected chi connectivity index (χ2v) is 5.71. The number of anilines is 1. The predicted octanol–water partition coefficient (Wildman–Crippen LogP) is 3.73. The maximum absolute atomic E-state index is 13.5. The van der Waals surface area contributed by atoms with Gasteiger partial charge in [-0.05, 0) is 43.9 Å². The van der Waals surface area contributed by atoms with Crippen LogP contribution >= 0.6 is 15.9 Å². The molecule has 0 unspecified atom stereocenters. The highest BCUT2D eigenvalue weighted by molar-refractivity contribution is 9.10. The molecule has 0 aromatic heterocycles. The van der Waals surface area contributed by atoms with Crippen LogP contribution in [0.4, 0.5) is 10.1 Å². The average Bonchev–Trinajstić information content (AvgIpc) is 2.30. The van der Waals surface area contributed by atoms with Crippen molar-refractivity contribution in [3.63, 3.8) is 0 Å². The number of carbonyl (C=O) groups excluding carboxylic acids is 1. The first-order valence-corrected chi connectivity index (χ1v) is 7.24. The first-order chi connectivity index (χ1) is 9.08. The summed E-state index contributed by atoms with van der Waals surface area (Å²) >= 11 is 3.18. The molecule has 0 heterocycles. The minimum Gasteiger partial charge on any atom is -0.378 e. The molecule has 0 spiro atoms. The zero-order chi connectivity index (χ0) is 13.8. The summed E-state index contributed by atoms with van der Waals surface area (Å²) in [5.74, 6) is -0.209. The van der Waals surface area contributed by atoms with Gasteiger partial charge >= 0.3 is 0 Å². The van der Waals surface area contributed by atoms with Gasteiger partial charge in [-0.1, -0.05) is 15.9 Å². The van der Waals surface area contributed by atoms with Crippen molar-refractivity contribution in [3.8, 4) is 0 Å². The maximum Gasteiger partial charge on any atom is 0.224 e. The Morgan fingerprint density at radius 1 is 1.53 bits per heavy atom. The summed E-state index contributed by atoms with van der Waals surface area (Å²) in [6, 6.07) is 4.60. The lowest BCUT2D eigenvalue weighted by Crippen LogP contribution is -2.33. The second kappa shape index (κ2) is 6.48. The number of ether oxygens (including phenoxy) is 1. The minimum absolute atomic E-state index is 0.138. The molecule has 1 aliphatic carbocycles. The Morgan fingerprint density at radius 2 is 2.26 bits per heavy atom. The van der Waals surface area contributed by atoms with Crippen LogP contribution in [-0.4, -0.2) is 18.6 Å². The van der Waals surface area contributed by atoms with Gasteiger partial charge in [0.2, 0.25) is 5.91 Å². The largest absolute Gasteiger partial charge is 0.378 e. The molecule has 3 nitrogen and oxygen atoms in total. The Bertz CT molecular complexity index is 461. The molecular weight excluding hydrogens is 313 g/mol. The normalized spacial score (nSPS) is 21.8. The monoisotopic (exact) mass is 329 g/mol. The smallest absolute Gasteiger partial charge is 0.224 e. The van der Waals surface area contributed by atoms with Gasteiger partial charge in [-0.15, -0.1) is 0 Å². The molecule has 1 N–H and O–H groups in total. The highest BCUT2D eigenvalue weighted by Gasteiger charge is 2.31. The van der Waals surface area contributed by atoms with Crippen molar-refractivity contribution in [3.05, 3.63) is 28.5 Å². The molecule has 0 bridgehead atoms. The molecule has 1 fully saturated rings. The zero-order valence-electron chi connectivity index (χ0n) is 10.8. The van der Waals surface area contributed by atoms with E-state index in [9.17, 15) is 9.18 Å². The summed E-state index contributed by atoms with van der Waals surface area (Å²) in [6.07, 6.45) is 2.57. The lowest BCUT2D eigenvalue weighted by atomic mass is 9.80. The van der Waals surface area contributed by atoms with E-state index in [1.807, 2.05) is 6.92 Å². The molecule has 1 aliphatic rings. The van der Waals surface area contributed by atoms with E-state index in [1.54, 1.807) is 12.1 Å². The van der Waals surface area contributed by atoms with Gasteiger partial charge < -0.3 is 10.1 Å². The third-order valence-corrected chi connectivity index (χ3v) is 3.77. The molecule has 1 aromatic carbocycles. The molecule has 0 radical (unpaired) electrons. The van der Waals surface area contributed by atoms with Crippen LogP contribution in [0.1, 0.15) is 26.2 Å². The number of hydrogen-bond donors (Lipinski definition) is 1. The quantitative estimate of drug-likeness (QED) is 0.893. The van der Waals surface area contributed by atoms with Crippen LogP contribution < -0.4 is 5.32 Å². The molecule has 19 heavy (non-hydrogen) atoms. The Balaban J connectivity index is 1.79. The summed E-state index contributed by atoms with van der Waals surface area (Å²) in [5.41, 5.74) is 0.230. The minimum atomic E-state index is -0.427. The van der Waals surface area contributed by atoms with Gasteiger partial charge in [0.15, 0.2) is 0 Å². The summed E-state index contributed by atoms with van der Waals surface area (Å²) in [4.78, 5) is 11.8. The molecule has 1 amide bonds. The average molecular weight is 330 g/mol. The fourth-order valence-corrected chi connectivity index (χ4v) is 2.60. The number of carbonyl (C=O) groups is 1. The molecule has 5 heteroatoms. The van der Waals surface area contributed by atoms with Crippen molar-refractivity contribution in [1.29, 1.82) is 0 Å². The van der Waals surface area contributed by atoms with Gasteiger partial charge in [0.25, 0.3) is 0 Å². The standard InChI is InChI=1S/C14H17BrFNO2/c1-2-19-11-5-9(6-11)7-14(18)17-13-4-3-10(15)8-12(13)16/h3-4,8-9,11H,2,5-7H2,1H3,(H,17,18). The summed E-state index contributed by atoms with van der Waals surface area (Å²) in [7, 11) is 0. The van der Waals surface area contributed by atoms with Gasteiger partial charge in [0.05, 0.1) is 11.8 Å². The fourth-order valence-electron chi connectivity index (χ4n) is 2.27. The highest BCUT2D eigenvalue weighted by Crippen LogP contribution is 2.33. The fraction of sp³-hybridized carbons (Fsp3) is 0.500. The van der Waals surface area contributed by atoms with Crippen LogP contribution in [0.5, 0.6) is 0 Å². The third kappa shape index (κ3) is 4.01. The van der Waals surface area contributed by atoms with E-state index >= 15 is 0 Å². The number of amides is 1. The first kappa shape index (κ1) is 14.5. The van der Waals surface area contributed by atoms with Gasteiger partial charge in [-0.25, -0.2) is 4.39 Å². The van der Waals surface area contributed by atoms with Crippen molar-refractivity contribution in [2.24, 2.45) is 5.92 Å². The van der Waals surface area contributed by atoms with Crippen LogP contribution in [0.3, 0.4) is 0 Å². The van der Waals surface area contributed by atoms with Crippen molar-refractivity contribution < 1.29 is 13.9 Å². The zero-order valence-corrected chi connectivity index (χ0v) is 12.4. The number of rotatable bonds is 5. The summed E-state index contributed by atoms with van der Waals surface area (Å²) in [5, 5.41) is 2.61. The Morgan fingerprint density at radius 3 is 2.89 bits per heavy atom. The summed E-state index contributed by atoms with van der Waals surface area (Å²) in [6.45, 7) is 2.68. The molecule has 2 rings (SSSR count). The van der Waals surface area contributed by atoms with Gasteiger partial charge in [0, 0.05) is 17.5 Å². The number of benzene rings is 1. The highest BCUT2D eigenvalue weighted by atomic mass is 79.9. The topological polar surface area (TPSA) is 38.3 Å². The van der Waals surface area contributed by atoms with E-state index in [-0.39, 0.29) is 11.6 Å². The molecule has 104 valence electrons. The van der Waals surface area contributed by atoms with Crippen molar-refractivity contribution >= 4 is 27.5 Å². The molecular formula is C14H17BrFNO2. The van der Waals surface area contributed by atoms with Crippen LogP contribution in [0.25, 0.3) is 0 Å². The van der Waals surface area contributed by atoms with Crippen LogP contribution in [0.15, 0.2) is 22.7 Å². The Labute approximate surface area is 120 Å². The van der Waals surface area contributed by atoms with E-state index in [4.69, 9.17) is 4.74 Å². The van der Waals surface area contributed by atoms with E-state index in [2.05, 4.69) is 21.2 Å². The number of halogens is 2. The van der Waals surface area contributed by atoms with Gasteiger partial charge in [-0.3, -0.25) is 4.79 Å². The van der Waals surface area contributed by atoms with E-state index < -0.39 is 5.82 Å². The van der Waals surface area contributed by atoms with E-state index in [0.717, 1.165) is 12.8 Å². The lowest BCUT2D eigenvalue weighted by molar-refractivity contribution is -0.119. The molecule has 1 saturated carbocycles. The second-order valence-electron chi connectivity index (χ2n) is 4.79. The predicted molar refractivity (Wildman–Crippen MR) is 75.5 cm³/mol. The van der Waals surface area contributed by atoms with Crippen LogP contribution in [0.2, 0.25) is 0 Å². The first-order valence-electron chi connectivity index (χ1n) is 6.45. The van der Waals surface area contributed by atoms with E-state index in [1.165, 1.54) is 6.07 Å². The number of nitrogens with one attached hydrogen (secondary N) is 1. The van der Waals surface area contributed by atoms with Crippen LogP contribution in [0, 0.1) is 11.7 Å². The van der Waals surface area contributed by atoms with Crippen molar-refractivity contribution in [2.45, 2.75) is 32.3 Å². The van der Waals surface area contributed by atoms with E-state index in [0.29, 0.717) is 29.5 Å². The lowest BCUT2D eigenvalue weighted by Gasteiger charge is -2.34. The molecule has 0 aliphatic heterocycles. The molecule has 1 aromatic rings. The van der Waals surface area contributed by atoms with Gasteiger partial charge in [0.1, 0.15) is 5.82 Å². The molecule has 0 atom stereocenters. The maximum atomic E-state index is 13.5. The van der Waals surface area contributed by atoms with Crippen LogP contribution in [-0.2, 0) is 9.53 Å². The summed E-state index contributed by atoms with van der Waals surface area (Å²) < 4.78 is 19.6. The Hall–Kier alpha value is -0.940. The van der Waals surface area contributed by atoms with Crippen molar-refractivity contribution in [2.75, 3.05) is 11.9 Å². The number of hydrogen-bond acceptors (Lipinski definition) is 2. The van der Waals surface area contributed by atoms with Gasteiger partial charge in [-0.2, -0.15) is 0 Å². The molecule has 0 saturated heterocycles. The third-order valence-electron chi connectivity index (χ3n) is 3.27. The van der Waals surface area contributed by atoms with Crippen molar-refractivity contribution in [1.82, 2.24) is 0 Å².